The molecule has 0 nitrogen and oxygen atoms in total. The summed E-state index contributed by atoms with van der Waals surface area (Å²) in [5, 5.41) is 7.08. The average molecular weight is 331 g/mol. The first-order chi connectivity index (χ1) is 9.58. The molecule has 0 fully saturated rings. The molecule has 4 aromatic rings. The average Bonchev–Trinajstić information content (AvgIpc) is 2.44. The lowest BCUT2D eigenvalue weighted by Crippen LogP contribution is -1.88. The molecule has 20 heavy (non-hydrogen) atoms. The van der Waals surface area contributed by atoms with Crippen LogP contribution in [0.25, 0.3) is 32.3 Å². The van der Waals surface area contributed by atoms with E-state index in [4.69, 9.17) is 0 Å². The molecule has 0 N–H and O–H groups in total. The van der Waals surface area contributed by atoms with Gasteiger partial charge in [0.1, 0.15) is 0 Å². The Morgan fingerprint density at radius 2 is 0.950 bits per heavy atom. The van der Waals surface area contributed by atoms with Crippen LogP contribution in [0, 0.1) is 0 Å². The van der Waals surface area contributed by atoms with Gasteiger partial charge in [0, 0.05) is 19.6 Å². The Labute approximate surface area is 138 Å². The summed E-state index contributed by atoms with van der Waals surface area (Å²) in [5.41, 5.74) is 0. The van der Waals surface area contributed by atoms with E-state index in [0.717, 1.165) is 30.4 Å². The van der Waals surface area contributed by atoms with Gasteiger partial charge in [-0.25, -0.2) is 0 Å². The minimum atomic E-state index is 0.903. The Kier molecular flexibility index (Phi) is 2.87. The lowest BCUT2D eigenvalue weighted by Gasteiger charge is -2.15. The van der Waals surface area contributed by atoms with Crippen LogP contribution in [0.5, 0.6) is 0 Å². The Bertz CT molecular complexity index is 907. The maximum absolute atomic E-state index is 4.61. The van der Waals surface area contributed by atoms with Crippen molar-refractivity contribution in [2.45, 2.75) is 19.6 Å². The molecule has 0 bridgehead atoms. The van der Waals surface area contributed by atoms with Gasteiger partial charge >= 0.3 is 0 Å². The molecule has 4 rings (SSSR count). The third-order valence-electron chi connectivity index (χ3n) is 3.81. The van der Waals surface area contributed by atoms with E-state index in [9.17, 15) is 0 Å². The molecule has 0 radical (unpaired) electrons. The van der Waals surface area contributed by atoms with Gasteiger partial charge in [0.15, 0.2) is 0 Å². The second kappa shape index (κ2) is 4.41. The summed E-state index contributed by atoms with van der Waals surface area (Å²) < 4.78 is 0. The molecule has 0 aliphatic heterocycles. The van der Waals surface area contributed by atoms with Crippen LogP contribution >= 0.6 is 50.5 Å². The fourth-order valence-electron chi connectivity index (χ4n) is 2.89. The summed E-state index contributed by atoms with van der Waals surface area (Å²) in [5.74, 6) is 0. The predicted octanol–water partition coefficient (Wildman–Crippen LogP) is 5.74. The maximum Gasteiger partial charge on any atom is 0.0253 e. The second-order valence-electron chi connectivity index (χ2n) is 4.91. The third kappa shape index (κ3) is 1.62. The first kappa shape index (κ1) is 13.0. The quantitative estimate of drug-likeness (QED) is 0.229. The zero-order valence-electron chi connectivity index (χ0n) is 10.3. The van der Waals surface area contributed by atoms with Gasteiger partial charge in [-0.1, -0.05) is 24.3 Å². The van der Waals surface area contributed by atoms with Gasteiger partial charge in [-0.05, 0) is 44.5 Å². The molecular weight excluding hydrogens is 320 g/mol. The minimum absolute atomic E-state index is 0.903. The van der Waals surface area contributed by atoms with Crippen LogP contribution in [0.15, 0.2) is 56.0 Å². The van der Waals surface area contributed by atoms with E-state index in [2.05, 4.69) is 86.9 Å². The number of hydrogen-bond donors (Lipinski definition) is 4. The molecule has 0 spiro atoms. The second-order valence-corrected chi connectivity index (χ2v) is 6.77. The topological polar surface area (TPSA) is 0 Å². The Hall–Kier alpha value is -0.680. The largest absolute Gasteiger partial charge is 0.142 e. The molecule has 0 atom stereocenters. The molecule has 0 amide bonds. The molecule has 4 aromatic carbocycles. The van der Waals surface area contributed by atoms with E-state index in [1.807, 2.05) is 0 Å². The standard InChI is InChI=1S/C16H10S4/c17-11-5-7-1-3-9-14-8(6-12(18)15(9)19)2-4-10(13(7)14)16(11)20/h1-6,17-20H. The molecule has 0 saturated carbocycles. The Morgan fingerprint density at radius 3 is 1.35 bits per heavy atom. The van der Waals surface area contributed by atoms with Crippen molar-refractivity contribution in [3.63, 3.8) is 0 Å². The minimum Gasteiger partial charge on any atom is -0.142 e. The van der Waals surface area contributed by atoms with Crippen LogP contribution in [0.3, 0.4) is 0 Å². The summed E-state index contributed by atoms with van der Waals surface area (Å²) in [7, 11) is 0. The van der Waals surface area contributed by atoms with Crippen LogP contribution in [0.1, 0.15) is 0 Å². The van der Waals surface area contributed by atoms with Crippen LogP contribution in [-0.2, 0) is 0 Å². The normalized spacial score (nSPS) is 12.0. The first-order valence-electron chi connectivity index (χ1n) is 6.12. The first-order valence-corrected chi connectivity index (χ1v) is 7.91. The van der Waals surface area contributed by atoms with Crippen molar-refractivity contribution in [2.75, 3.05) is 0 Å². The lowest BCUT2D eigenvalue weighted by molar-refractivity contribution is 1.33. The summed E-state index contributed by atoms with van der Waals surface area (Å²) in [6.07, 6.45) is 0. The van der Waals surface area contributed by atoms with Crippen molar-refractivity contribution >= 4 is 82.8 Å². The Morgan fingerprint density at radius 1 is 0.550 bits per heavy atom. The third-order valence-corrected chi connectivity index (χ3v) is 5.83. The highest BCUT2D eigenvalue weighted by Crippen LogP contribution is 2.42. The number of thiol groups is 4. The van der Waals surface area contributed by atoms with E-state index in [0.29, 0.717) is 0 Å². The van der Waals surface area contributed by atoms with Crippen molar-refractivity contribution < 1.29 is 0 Å². The van der Waals surface area contributed by atoms with E-state index in [1.165, 1.54) is 21.5 Å². The molecule has 0 aliphatic rings. The zero-order chi connectivity index (χ0) is 14.0. The molecule has 98 valence electrons. The molecular formula is C16H10S4. The van der Waals surface area contributed by atoms with E-state index in [1.54, 1.807) is 0 Å². The van der Waals surface area contributed by atoms with Gasteiger partial charge in [0.05, 0.1) is 0 Å². The number of hydrogen-bond acceptors (Lipinski definition) is 4. The monoisotopic (exact) mass is 330 g/mol. The van der Waals surface area contributed by atoms with Crippen LogP contribution in [-0.4, -0.2) is 0 Å². The summed E-state index contributed by atoms with van der Waals surface area (Å²) in [4.78, 5) is 3.65. The van der Waals surface area contributed by atoms with Gasteiger partial charge in [-0.2, -0.15) is 0 Å². The highest BCUT2D eigenvalue weighted by atomic mass is 32.1. The Balaban J connectivity index is 2.42. The molecule has 0 aliphatic carbocycles. The number of rotatable bonds is 0. The molecule has 0 heterocycles. The fourth-order valence-corrected chi connectivity index (χ4v) is 3.91. The number of benzene rings is 4. The molecule has 0 aromatic heterocycles. The molecule has 0 unspecified atom stereocenters. The summed E-state index contributed by atoms with van der Waals surface area (Å²) >= 11 is 18.2. The predicted molar refractivity (Wildman–Crippen MR) is 99.2 cm³/mol. The molecule has 0 saturated heterocycles. The van der Waals surface area contributed by atoms with Crippen molar-refractivity contribution in [3.8, 4) is 0 Å². The van der Waals surface area contributed by atoms with Gasteiger partial charge in [0.25, 0.3) is 0 Å². The van der Waals surface area contributed by atoms with Gasteiger partial charge in [-0.3, -0.25) is 0 Å². The summed E-state index contributed by atoms with van der Waals surface area (Å²) in [6, 6.07) is 12.6. The zero-order valence-corrected chi connectivity index (χ0v) is 13.8. The lowest BCUT2D eigenvalue weighted by atomic mass is 9.94. The smallest absolute Gasteiger partial charge is 0.0253 e. The van der Waals surface area contributed by atoms with Gasteiger partial charge < -0.3 is 0 Å². The SMILES string of the molecule is Sc1cc2ccc3c(S)c(S)cc4ccc(c1S)c2c43. The molecule has 4 heteroatoms. The fraction of sp³-hybridized carbons (Fsp3) is 0. The van der Waals surface area contributed by atoms with Gasteiger partial charge in [-0.15, -0.1) is 50.5 Å². The maximum atomic E-state index is 4.61. The van der Waals surface area contributed by atoms with Crippen molar-refractivity contribution in [1.29, 1.82) is 0 Å². The van der Waals surface area contributed by atoms with E-state index < -0.39 is 0 Å². The highest BCUT2D eigenvalue weighted by molar-refractivity contribution is 7.84. The highest BCUT2D eigenvalue weighted by Gasteiger charge is 2.14. The van der Waals surface area contributed by atoms with Crippen molar-refractivity contribution in [2.24, 2.45) is 0 Å². The van der Waals surface area contributed by atoms with E-state index >= 15 is 0 Å². The van der Waals surface area contributed by atoms with Gasteiger partial charge in [0.2, 0.25) is 0 Å². The van der Waals surface area contributed by atoms with Crippen LogP contribution in [0.2, 0.25) is 0 Å². The summed E-state index contributed by atoms with van der Waals surface area (Å²) in [6.45, 7) is 0. The van der Waals surface area contributed by atoms with Crippen LogP contribution in [0.4, 0.5) is 0 Å². The van der Waals surface area contributed by atoms with Crippen LogP contribution < -0.4 is 0 Å². The van der Waals surface area contributed by atoms with Crippen molar-refractivity contribution in [3.05, 3.63) is 36.4 Å². The van der Waals surface area contributed by atoms with E-state index in [-0.39, 0.29) is 0 Å². The van der Waals surface area contributed by atoms with Crippen molar-refractivity contribution in [1.82, 2.24) is 0 Å².